The van der Waals surface area contributed by atoms with Crippen molar-refractivity contribution in [1.82, 2.24) is 96.7 Å². The molecule has 0 aromatic carbocycles. The van der Waals surface area contributed by atoms with Gasteiger partial charge < -0.3 is 57.5 Å². The van der Waals surface area contributed by atoms with Crippen molar-refractivity contribution in [1.29, 1.82) is 0 Å². The van der Waals surface area contributed by atoms with Gasteiger partial charge in [0.15, 0.2) is 0 Å². The fourth-order valence-corrected chi connectivity index (χ4v) is 22.8. The fraction of sp³-hybridized carbons (Fsp3) is 0.547. The maximum Gasteiger partial charge on any atom is 0.138 e. The molecule has 0 amide bonds. The number of hydrogen-bond donors (Lipinski definition) is 1. The molecule has 132 heavy (non-hydrogen) atoms. The summed E-state index contributed by atoms with van der Waals surface area (Å²) in [4.78, 5) is 64.4. The highest BCUT2D eigenvalue weighted by Gasteiger charge is 2.41. The van der Waals surface area contributed by atoms with Crippen molar-refractivity contribution in [3.63, 3.8) is 0 Å². The molecule has 0 aliphatic carbocycles. The van der Waals surface area contributed by atoms with E-state index in [1.165, 1.54) is 112 Å². The highest BCUT2D eigenvalue weighted by Crippen LogP contribution is 2.47. The average molecular weight is 1790 g/mol. The Labute approximate surface area is 783 Å². The molecule has 1 N–H and O–H groups in total. The summed E-state index contributed by atoms with van der Waals surface area (Å²) in [5, 5.41) is 10.5. The zero-order valence-electron chi connectivity index (χ0n) is 81.0. The number of pyridine rings is 8. The molecule has 8 saturated heterocycles. The molecule has 0 spiro atoms. The molecule has 8 aliphatic heterocycles. The molecule has 0 saturated carbocycles. The van der Waals surface area contributed by atoms with Crippen LogP contribution in [0.3, 0.4) is 0 Å². The molecule has 8 fully saturated rings. The summed E-state index contributed by atoms with van der Waals surface area (Å²) in [6.45, 7) is 30.1. The Bertz CT molecular complexity index is 5750. The topological polar surface area (TPSA) is 201 Å². The summed E-state index contributed by atoms with van der Waals surface area (Å²) in [6.07, 6.45) is 31.5. The molecule has 26 nitrogen and oxygen atoms in total. The first-order valence-electron chi connectivity index (χ1n) is 49.6. The lowest BCUT2D eigenvalue weighted by atomic mass is 9.90. The largest absolute Gasteiger partial charge is 0.390 e. The van der Waals surface area contributed by atoms with Crippen molar-refractivity contribution in [2.24, 2.45) is 0 Å². The number of aliphatic hydroxyl groups excluding tert-OH is 1. The number of fused-ring (bicyclic) bond motifs is 4. The molecular formula is C106H146N22O4. The molecule has 8 aliphatic rings. The summed E-state index contributed by atoms with van der Waals surface area (Å²) in [6, 6.07) is 44.4. The first-order valence-corrected chi connectivity index (χ1v) is 49.6. The number of piperazine rings is 2. The van der Waals surface area contributed by atoms with E-state index in [0.717, 1.165) is 214 Å². The van der Waals surface area contributed by atoms with Crippen molar-refractivity contribution in [3.05, 3.63) is 249 Å². The third kappa shape index (κ3) is 20.7. The number of imidazole rings is 4. The number of aliphatic hydroxyl groups is 1. The van der Waals surface area contributed by atoms with Crippen LogP contribution in [0.15, 0.2) is 159 Å². The molecule has 20 heterocycles. The Hall–Kier alpha value is -9.52. The molecule has 0 radical (unpaired) electrons. The smallest absolute Gasteiger partial charge is 0.138 e. The van der Waals surface area contributed by atoms with E-state index < -0.39 is 0 Å². The summed E-state index contributed by atoms with van der Waals surface area (Å²) in [7, 11) is 15.1. The van der Waals surface area contributed by atoms with Crippen LogP contribution in [0.1, 0.15) is 255 Å². The van der Waals surface area contributed by atoms with Gasteiger partial charge in [0.2, 0.25) is 0 Å². The monoisotopic (exact) mass is 1790 g/mol. The van der Waals surface area contributed by atoms with E-state index >= 15 is 0 Å². The van der Waals surface area contributed by atoms with Gasteiger partial charge in [-0.2, -0.15) is 0 Å². The predicted molar refractivity (Wildman–Crippen MR) is 526 cm³/mol. The Morgan fingerprint density at radius 2 is 0.697 bits per heavy atom. The second-order valence-electron chi connectivity index (χ2n) is 38.5. The van der Waals surface area contributed by atoms with Crippen LogP contribution in [0.2, 0.25) is 0 Å². The Morgan fingerprint density at radius 3 is 1.07 bits per heavy atom. The van der Waals surface area contributed by atoms with E-state index in [-0.39, 0.29) is 36.8 Å². The molecule has 26 heteroatoms. The number of hydrogen-bond acceptors (Lipinski definition) is 22. The zero-order chi connectivity index (χ0) is 91.5. The van der Waals surface area contributed by atoms with E-state index in [0.29, 0.717) is 50.2 Å². The first kappa shape index (κ1) is 94.3. The van der Waals surface area contributed by atoms with Crippen molar-refractivity contribution in [2.75, 3.05) is 157 Å². The first-order chi connectivity index (χ1) is 64.5. The minimum absolute atomic E-state index is 0.0138. The van der Waals surface area contributed by atoms with Crippen molar-refractivity contribution < 1.29 is 19.3 Å². The molecule has 704 valence electrons. The maximum absolute atomic E-state index is 10.5. The van der Waals surface area contributed by atoms with Crippen LogP contribution in [0, 0.1) is 27.7 Å². The van der Waals surface area contributed by atoms with E-state index in [2.05, 4.69) is 260 Å². The van der Waals surface area contributed by atoms with Crippen molar-refractivity contribution in [2.45, 2.75) is 231 Å². The Morgan fingerprint density at radius 1 is 0.341 bits per heavy atom. The number of likely N-dealkylation sites (tertiary alicyclic amines) is 6. The van der Waals surface area contributed by atoms with Crippen LogP contribution >= 0.6 is 0 Å². The molecule has 0 bridgehead atoms. The van der Waals surface area contributed by atoms with Crippen LogP contribution in [0.5, 0.6) is 0 Å². The van der Waals surface area contributed by atoms with E-state index in [9.17, 15) is 5.11 Å². The highest BCUT2D eigenvalue weighted by atomic mass is 16.5. The number of ether oxygens (including phenoxy) is 3. The normalized spacial score (nSPS) is 23.5. The average Bonchev–Trinajstić information content (AvgIpc) is 1.61. The molecule has 1 unspecified atom stereocenters. The van der Waals surface area contributed by atoms with Crippen LogP contribution in [0.25, 0.3) is 22.6 Å². The highest BCUT2D eigenvalue weighted by molar-refractivity contribution is 5.58. The summed E-state index contributed by atoms with van der Waals surface area (Å²) in [5.41, 5.74) is 23.0. The van der Waals surface area contributed by atoms with E-state index in [1.54, 1.807) is 7.11 Å². The second-order valence-corrected chi connectivity index (χ2v) is 38.5. The van der Waals surface area contributed by atoms with Crippen LogP contribution < -0.4 is 9.80 Å². The number of aryl methyl sites for hydroxylation is 4. The summed E-state index contributed by atoms with van der Waals surface area (Å²) in [5.74, 6) is 2.40. The molecule has 20 rings (SSSR count). The van der Waals surface area contributed by atoms with Gasteiger partial charge in [0.05, 0.1) is 155 Å². The zero-order valence-corrected chi connectivity index (χ0v) is 81.0. The third-order valence-corrected chi connectivity index (χ3v) is 30.4. The van der Waals surface area contributed by atoms with Crippen molar-refractivity contribution >= 4 is 34.2 Å². The van der Waals surface area contributed by atoms with Gasteiger partial charge in [0.25, 0.3) is 0 Å². The van der Waals surface area contributed by atoms with Gasteiger partial charge in [-0.1, -0.05) is 62.4 Å². The SMILES string of the molecule is CCN1CCN(c2cccc3nc([C@H]4CCC[C@@H](c5ncccc5C)N4C)c(CCOC)n23)CC1.CCN1CCN(c2cccc3nc([C@H]4CCC[C@@H](c5ncccc5C)N4C)c(CO)n23)CC1.Cc1cccnc1[C@@H]1CCC[C@H](c2nc3ccccn3c2COC2CCCN(C)C2)N1C.Cc1cccnc1[C@@H]1CCC[C@H](c2nc3ccccn3c2COC2CCN(C)CC2)N1C. The van der Waals surface area contributed by atoms with Gasteiger partial charge in [-0.05, 0) is 287 Å². The molecule has 12 aromatic rings. The number of rotatable bonds is 22. The van der Waals surface area contributed by atoms with E-state index in [1.807, 2.05) is 49.1 Å². The Kier molecular flexibility index (Phi) is 31.3. The molecule has 12 aromatic heterocycles. The minimum atomic E-state index is -0.0138. The summed E-state index contributed by atoms with van der Waals surface area (Å²) < 4.78 is 27.6. The number of methoxy groups -OCH3 is 1. The number of nitrogens with zero attached hydrogens (tertiary/aromatic N) is 22. The van der Waals surface area contributed by atoms with Gasteiger partial charge in [-0.25, -0.2) is 19.9 Å². The van der Waals surface area contributed by atoms with Gasteiger partial charge in [-0.15, -0.1) is 0 Å². The number of piperidine rings is 6. The maximum atomic E-state index is 10.5. The fourth-order valence-electron chi connectivity index (χ4n) is 22.8. The van der Waals surface area contributed by atoms with Gasteiger partial charge in [0.1, 0.15) is 34.2 Å². The number of likely N-dealkylation sites (N-methyl/N-ethyl adjacent to an activating group) is 3. The van der Waals surface area contributed by atoms with Gasteiger partial charge in [-0.3, -0.25) is 48.3 Å². The van der Waals surface area contributed by atoms with Crippen molar-refractivity contribution in [3.8, 4) is 0 Å². The second kappa shape index (κ2) is 43.9. The standard InChI is InChI=1S/C28H40N6O.C26H36N6O.2C26H35N5O/c1-5-32-16-18-33(19-17-32)26-13-7-12-25-30-28(24(34(25)26)14-20-35-4)23-11-6-10-22(31(23)3)27-21(2)9-8-15-29-27;1-4-30-14-16-31(17-15-30)24-12-6-11-23-28-26(22(18-33)32(23)24)21-10-5-9-20(29(21)3)25-19(2)8-7-13-27-25;1-19-9-7-14-27-25(19)21-11-6-12-22(30(21)3)26-23(31-16-5-4-13-24(31)28-26)18-32-20-10-8-15-29(2)17-20;1-19-8-7-14-27-25(19)21-9-6-10-22(30(21)3)26-23(31-15-5-4-11-24(31)28-26)18-32-20-12-16-29(2)17-13-20/h7-9,12-13,15,22-23H,5-6,10-11,14,16-20H2,1-4H3;6-8,11-13,20-21,33H,4-5,9-10,14-18H2,1-3H3;4-5,7,9,13-14,16,20-22H,6,8,10-12,15,17-18H2,1-3H3;4-5,7-8,11,14-15,20-22H,6,9-10,12-13,16-18H2,1-3H3/t22-,23+;20-,21+;20?,21-,22+;21-,22+/m0000/s1. The van der Waals surface area contributed by atoms with Gasteiger partial charge >= 0.3 is 0 Å². The van der Waals surface area contributed by atoms with E-state index in [4.69, 9.17) is 54.1 Å². The molecular weight excluding hydrogens is 1650 g/mol. The third-order valence-electron chi connectivity index (χ3n) is 30.4. The lowest BCUT2D eigenvalue weighted by Gasteiger charge is -2.39. The van der Waals surface area contributed by atoms with Crippen LogP contribution in [-0.2, 0) is 40.5 Å². The van der Waals surface area contributed by atoms with Gasteiger partial charge in [0, 0.05) is 123 Å². The predicted octanol–water partition coefficient (Wildman–Crippen LogP) is 16.9. The lowest BCUT2D eigenvalue weighted by Crippen LogP contribution is -2.46. The van der Waals surface area contributed by atoms with Crippen LogP contribution in [-0.4, -0.2) is 262 Å². The number of aromatic nitrogens is 12. The minimum Gasteiger partial charge on any atom is -0.390 e. The quantitative estimate of drug-likeness (QED) is 0.0670. The molecule has 9 atom stereocenters. The summed E-state index contributed by atoms with van der Waals surface area (Å²) >= 11 is 0. The number of anilines is 2. The lowest BCUT2D eigenvalue weighted by molar-refractivity contribution is -0.00625. The van der Waals surface area contributed by atoms with Crippen LogP contribution in [0.4, 0.5) is 11.6 Å². The Balaban J connectivity index is 0.000000123.